The van der Waals surface area contributed by atoms with Gasteiger partial charge in [-0.1, -0.05) is 12.1 Å². The number of rotatable bonds is 18. The number of carbonyl (C=O) groups is 6. The Morgan fingerprint density at radius 2 is 1.36 bits per heavy atom. The number of phenols is 1. The van der Waals surface area contributed by atoms with Gasteiger partial charge in [-0.05, 0) is 49.0 Å². The van der Waals surface area contributed by atoms with E-state index in [1.54, 1.807) is 0 Å². The second-order valence-corrected chi connectivity index (χ2v) is 9.70. The van der Waals surface area contributed by atoms with Crippen molar-refractivity contribution in [2.75, 3.05) is 12.0 Å². The molecule has 216 valence electrons. The lowest BCUT2D eigenvalue weighted by atomic mass is 10.0. The van der Waals surface area contributed by atoms with Gasteiger partial charge < -0.3 is 42.7 Å². The molecule has 0 fully saturated rings. The fourth-order valence-corrected chi connectivity index (χ4v) is 3.85. The molecule has 1 aromatic rings. The number of primary amides is 1. The standard InChI is InChI=1S/C24H35N5O9S/c1-39-11-10-15(25)21(34)27-16(6-8-19(26)31)22(35)29-18(12-13-2-4-14(30)5-3-13)23(36)28-17(24(37)38)7-9-20(32)33/h2-5,15-18,30H,6-12,25H2,1H3,(H2,26,31)(H,27,34)(H,28,36)(H,29,35)(H,32,33)(H,37,38). The summed E-state index contributed by atoms with van der Waals surface area (Å²) in [5, 5.41) is 35.0. The SMILES string of the molecule is CSCCC(N)C(=O)NC(CCC(N)=O)C(=O)NC(Cc1ccc(O)cc1)C(=O)NC(CCC(=O)O)C(=O)O. The number of nitrogens with two attached hydrogens (primary N) is 2. The summed E-state index contributed by atoms with van der Waals surface area (Å²) in [7, 11) is 0. The number of carboxylic acid groups (broad SMARTS) is 2. The quantitative estimate of drug-likeness (QED) is 0.103. The van der Waals surface area contributed by atoms with Crippen molar-refractivity contribution in [1.82, 2.24) is 16.0 Å². The van der Waals surface area contributed by atoms with E-state index in [1.807, 2.05) is 6.26 Å². The monoisotopic (exact) mass is 569 g/mol. The van der Waals surface area contributed by atoms with Gasteiger partial charge in [0.15, 0.2) is 0 Å². The Kier molecular flexibility index (Phi) is 14.4. The molecule has 4 unspecified atom stereocenters. The highest BCUT2D eigenvalue weighted by atomic mass is 32.2. The summed E-state index contributed by atoms with van der Waals surface area (Å²) >= 11 is 1.48. The van der Waals surface area contributed by atoms with Crippen LogP contribution >= 0.6 is 11.8 Å². The summed E-state index contributed by atoms with van der Waals surface area (Å²) in [4.78, 5) is 72.6. The van der Waals surface area contributed by atoms with E-state index in [1.165, 1.54) is 36.0 Å². The van der Waals surface area contributed by atoms with Gasteiger partial charge in [0.25, 0.3) is 0 Å². The van der Waals surface area contributed by atoms with Crippen LogP contribution in [-0.2, 0) is 35.2 Å². The van der Waals surface area contributed by atoms with Crippen molar-refractivity contribution in [3.8, 4) is 5.75 Å². The molecule has 0 saturated heterocycles. The van der Waals surface area contributed by atoms with Crippen molar-refractivity contribution < 1.29 is 44.1 Å². The van der Waals surface area contributed by atoms with Crippen LogP contribution in [0.15, 0.2) is 24.3 Å². The summed E-state index contributed by atoms with van der Waals surface area (Å²) < 4.78 is 0. The second-order valence-electron chi connectivity index (χ2n) is 8.72. The van der Waals surface area contributed by atoms with Crippen molar-refractivity contribution in [3.63, 3.8) is 0 Å². The average molecular weight is 570 g/mol. The second kappa shape index (κ2) is 16.9. The van der Waals surface area contributed by atoms with Crippen LogP contribution < -0.4 is 27.4 Å². The molecule has 0 radical (unpaired) electrons. The predicted molar refractivity (Wildman–Crippen MR) is 142 cm³/mol. The van der Waals surface area contributed by atoms with Crippen molar-refractivity contribution in [1.29, 1.82) is 0 Å². The molecular formula is C24H35N5O9S. The van der Waals surface area contributed by atoms with Gasteiger partial charge in [-0.2, -0.15) is 11.8 Å². The Hall–Kier alpha value is -3.85. The molecule has 39 heavy (non-hydrogen) atoms. The van der Waals surface area contributed by atoms with E-state index in [9.17, 15) is 39.0 Å². The highest BCUT2D eigenvalue weighted by molar-refractivity contribution is 7.98. The molecule has 4 amide bonds. The maximum Gasteiger partial charge on any atom is 0.326 e. The molecule has 0 aliphatic rings. The van der Waals surface area contributed by atoms with Crippen LogP contribution in [0.2, 0.25) is 0 Å². The number of aliphatic carboxylic acids is 2. The zero-order valence-electron chi connectivity index (χ0n) is 21.4. The number of phenolic OH excluding ortho intramolecular Hbond substituents is 1. The Labute approximate surface area is 229 Å². The van der Waals surface area contributed by atoms with E-state index in [0.717, 1.165) is 0 Å². The molecule has 15 heteroatoms. The minimum absolute atomic E-state index is 0.0459. The number of carbonyl (C=O) groups excluding carboxylic acids is 4. The first kappa shape index (κ1) is 33.2. The number of thioether (sulfide) groups is 1. The Morgan fingerprint density at radius 1 is 0.821 bits per heavy atom. The topological polar surface area (TPSA) is 251 Å². The smallest absolute Gasteiger partial charge is 0.326 e. The van der Waals surface area contributed by atoms with Gasteiger partial charge in [-0.15, -0.1) is 0 Å². The highest BCUT2D eigenvalue weighted by Crippen LogP contribution is 2.12. The Morgan fingerprint density at radius 3 is 1.90 bits per heavy atom. The zero-order valence-corrected chi connectivity index (χ0v) is 22.2. The van der Waals surface area contributed by atoms with E-state index >= 15 is 0 Å². The van der Waals surface area contributed by atoms with Gasteiger partial charge in [-0.3, -0.25) is 24.0 Å². The molecule has 0 bridgehead atoms. The van der Waals surface area contributed by atoms with E-state index < -0.39 is 72.6 Å². The fraction of sp³-hybridized carbons (Fsp3) is 0.500. The number of carboxylic acids is 2. The third-order valence-corrected chi connectivity index (χ3v) is 6.20. The van der Waals surface area contributed by atoms with E-state index in [2.05, 4.69) is 16.0 Å². The van der Waals surface area contributed by atoms with Gasteiger partial charge in [0, 0.05) is 19.3 Å². The lowest BCUT2D eigenvalue weighted by Gasteiger charge is -2.25. The van der Waals surface area contributed by atoms with Gasteiger partial charge in [0.2, 0.25) is 23.6 Å². The average Bonchev–Trinajstić information content (AvgIpc) is 2.87. The van der Waals surface area contributed by atoms with Gasteiger partial charge in [-0.25, -0.2) is 4.79 Å². The number of hydrogen-bond donors (Lipinski definition) is 8. The number of aromatic hydroxyl groups is 1. The lowest BCUT2D eigenvalue weighted by molar-refractivity contribution is -0.143. The van der Waals surface area contributed by atoms with Crippen LogP contribution in [0.4, 0.5) is 0 Å². The number of nitrogens with one attached hydrogen (secondary N) is 3. The molecule has 1 rings (SSSR count). The highest BCUT2D eigenvalue weighted by Gasteiger charge is 2.31. The summed E-state index contributed by atoms with van der Waals surface area (Å²) in [6.45, 7) is 0. The molecule has 0 aromatic heterocycles. The molecule has 14 nitrogen and oxygen atoms in total. The minimum Gasteiger partial charge on any atom is -0.508 e. The number of amides is 4. The summed E-state index contributed by atoms with van der Waals surface area (Å²) in [5.74, 6) is -5.32. The first-order valence-electron chi connectivity index (χ1n) is 12.0. The van der Waals surface area contributed by atoms with E-state index in [0.29, 0.717) is 17.7 Å². The van der Waals surface area contributed by atoms with Crippen LogP contribution in [0, 0.1) is 0 Å². The maximum absolute atomic E-state index is 13.2. The van der Waals surface area contributed by atoms with Crippen LogP contribution in [-0.4, -0.2) is 87.1 Å². The van der Waals surface area contributed by atoms with Crippen molar-refractivity contribution >= 4 is 47.3 Å². The maximum atomic E-state index is 13.2. The molecule has 0 heterocycles. The van der Waals surface area contributed by atoms with Crippen molar-refractivity contribution in [2.45, 2.75) is 62.7 Å². The summed E-state index contributed by atoms with van der Waals surface area (Å²) in [6.07, 6.45) is 0.647. The Balaban J connectivity index is 3.16. The molecular weight excluding hydrogens is 534 g/mol. The minimum atomic E-state index is -1.55. The number of hydrogen-bond acceptors (Lipinski definition) is 9. The van der Waals surface area contributed by atoms with Crippen LogP contribution in [0.25, 0.3) is 0 Å². The molecule has 4 atom stereocenters. The van der Waals surface area contributed by atoms with Crippen LogP contribution in [0.1, 0.15) is 37.7 Å². The van der Waals surface area contributed by atoms with Gasteiger partial charge in [0.1, 0.15) is 23.9 Å². The molecule has 0 spiro atoms. The predicted octanol–water partition coefficient (Wildman–Crippen LogP) is -1.32. The zero-order chi connectivity index (χ0) is 29.5. The Bertz CT molecular complexity index is 1020. The van der Waals surface area contributed by atoms with Crippen molar-refractivity contribution in [3.05, 3.63) is 29.8 Å². The van der Waals surface area contributed by atoms with E-state index in [4.69, 9.17) is 16.6 Å². The van der Waals surface area contributed by atoms with Gasteiger partial charge >= 0.3 is 11.9 Å². The van der Waals surface area contributed by atoms with Crippen LogP contribution in [0.3, 0.4) is 0 Å². The first-order chi connectivity index (χ1) is 18.3. The normalized spacial score (nSPS) is 13.8. The van der Waals surface area contributed by atoms with E-state index in [-0.39, 0.29) is 25.0 Å². The molecule has 1 aromatic carbocycles. The lowest BCUT2D eigenvalue weighted by Crippen LogP contribution is -2.57. The molecule has 0 saturated carbocycles. The molecule has 0 aliphatic carbocycles. The number of benzene rings is 1. The molecule has 10 N–H and O–H groups in total. The fourth-order valence-electron chi connectivity index (χ4n) is 3.36. The van der Waals surface area contributed by atoms with Crippen molar-refractivity contribution in [2.24, 2.45) is 11.5 Å². The first-order valence-corrected chi connectivity index (χ1v) is 13.4. The third kappa shape index (κ3) is 13.0. The third-order valence-electron chi connectivity index (χ3n) is 5.55. The molecule has 0 aliphatic heterocycles. The summed E-state index contributed by atoms with van der Waals surface area (Å²) in [5.41, 5.74) is 11.6. The summed E-state index contributed by atoms with van der Waals surface area (Å²) in [6, 6.07) is 0.538. The largest absolute Gasteiger partial charge is 0.508 e. The van der Waals surface area contributed by atoms with Gasteiger partial charge in [0.05, 0.1) is 6.04 Å². The van der Waals surface area contributed by atoms with Crippen LogP contribution in [0.5, 0.6) is 5.75 Å².